The molecule has 2 heterocycles. The van der Waals surface area contributed by atoms with E-state index in [-0.39, 0.29) is 11.9 Å². The Morgan fingerprint density at radius 3 is 2.59 bits per heavy atom. The highest BCUT2D eigenvalue weighted by molar-refractivity contribution is 9.10. The van der Waals surface area contributed by atoms with Gasteiger partial charge in [-0.2, -0.15) is 0 Å². The van der Waals surface area contributed by atoms with Crippen LogP contribution in [0.3, 0.4) is 0 Å². The average Bonchev–Trinajstić information content (AvgIpc) is 2.76. The molecule has 8 heteroatoms. The Balaban J connectivity index is 1.63. The number of carbonyl (C=O) groups excluding carboxylic acids is 1. The molecule has 3 atom stereocenters. The smallest absolute Gasteiger partial charge is 0.236 e. The Kier molecular flexibility index (Phi) is 5.94. The quantitative estimate of drug-likeness (QED) is 0.331. The van der Waals surface area contributed by atoms with Gasteiger partial charge in [0.2, 0.25) is 5.91 Å². The number of fused-ring (bicyclic) bond motifs is 4. The van der Waals surface area contributed by atoms with Crippen LogP contribution in [0, 0.1) is 19.8 Å². The molecule has 0 radical (unpaired) electrons. The maximum absolute atomic E-state index is 13.9. The number of anilines is 2. The summed E-state index contributed by atoms with van der Waals surface area (Å²) in [6.45, 7) is 5.97. The van der Waals surface area contributed by atoms with Gasteiger partial charge in [0.15, 0.2) is 10.8 Å². The lowest BCUT2D eigenvalue weighted by molar-refractivity contribution is -0.130. The zero-order valence-electron chi connectivity index (χ0n) is 18.9. The van der Waals surface area contributed by atoms with E-state index in [1.54, 1.807) is 0 Å². The van der Waals surface area contributed by atoms with Gasteiger partial charge in [-0.1, -0.05) is 55.6 Å². The summed E-state index contributed by atoms with van der Waals surface area (Å²) in [7, 11) is 0. The summed E-state index contributed by atoms with van der Waals surface area (Å²) >= 11 is 12.9. The third kappa shape index (κ3) is 3.91. The van der Waals surface area contributed by atoms with Gasteiger partial charge in [0, 0.05) is 25.9 Å². The van der Waals surface area contributed by atoms with Crippen LogP contribution in [0.2, 0.25) is 0 Å². The fourth-order valence-corrected chi connectivity index (χ4v) is 6.10. The number of thiocarbonyl (C=S) groups is 1. The number of aryl methyl sites for hydroxylation is 2. The maximum Gasteiger partial charge on any atom is 0.236 e. The number of hydrogen-bond acceptors (Lipinski definition) is 3. The van der Waals surface area contributed by atoms with Crippen LogP contribution >= 0.6 is 44.1 Å². The second-order valence-electron chi connectivity index (χ2n) is 8.87. The molecule has 1 amide bonds. The summed E-state index contributed by atoms with van der Waals surface area (Å²) in [5, 5.41) is 7.11. The fourth-order valence-electron chi connectivity index (χ4n) is 4.92. The average molecular weight is 601 g/mol. The minimum atomic E-state index is -1.06. The largest absolute Gasteiger partial charge is 0.467 e. The highest BCUT2D eigenvalue weighted by Crippen LogP contribution is 2.50. The van der Waals surface area contributed by atoms with Gasteiger partial charge in [-0.3, -0.25) is 9.69 Å². The number of nitrogens with zero attached hydrogens (tertiary/aromatic N) is 1. The minimum Gasteiger partial charge on any atom is -0.467 e. The van der Waals surface area contributed by atoms with Gasteiger partial charge in [-0.15, -0.1) is 0 Å². The lowest BCUT2D eigenvalue weighted by Gasteiger charge is -2.56. The number of rotatable bonds is 3. The first-order valence-electron chi connectivity index (χ1n) is 10.9. The molecule has 0 aromatic heterocycles. The summed E-state index contributed by atoms with van der Waals surface area (Å²) in [5.74, 6) is -0.0120. The second-order valence-corrected chi connectivity index (χ2v) is 11.1. The van der Waals surface area contributed by atoms with Crippen molar-refractivity contribution < 1.29 is 9.53 Å². The zero-order valence-corrected chi connectivity index (χ0v) is 22.8. The summed E-state index contributed by atoms with van der Waals surface area (Å²) in [6, 6.07) is 19.3. The van der Waals surface area contributed by atoms with Gasteiger partial charge in [0.25, 0.3) is 0 Å². The Labute approximate surface area is 221 Å². The van der Waals surface area contributed by atoms with Crippen LogP contribution in [-0.4, -0.2) is 16.7 Å². The standard InChI is InChI=1S/C26H23Br2N3O2S/c1-14-7-9-20(15(2)11-14)29-24(32)22-23-19-13-17(28)8-10-21(19)33-26(22,3)31(25(34)30-23)18-6-4-5-16(27)12-18/h4-13,22-23H,1-3H3,(H,29,32)(H,30,34)/t22-,23-,26-/m0/s1. The summed E-state index contributed by atoms with van der Waals surface area (Å²) in [5.41, 5.74) is 3.61. The molecule has 5 nitrogen and oxygen atoms in total. The van der Waals surface area contributed by atoms with Crippen molar-refractivity contribution in [1.29, 1.82) is 0 Å². The van der Waals surface area contributed by atoms with Crippen molar-refractivity contribution in [3.05, 3.63) is 86.3 Å². The summed E-state index contributed by atoms with van der Waals surface area (Å²) in [6.07, 6.45) is 0. The van der Waals surface area contributed by atoms with Crippen LogP contribution in [0.5, 0.6) is 5.75 Å². The van der Waals surface area contributed by atoms with Crippen LogP contribution in [0.1, 0.15) is 29.7 Å². The second kappa shape index (κ2) is 8.66. The van der Waals surface area contributed by atoms with Crippen LogP contribution in [0.15, 0.2) is 69.6 Å². The lowest BCUT2D eigenvalue weighted by atomic mass is 9.78. The van der Waals surface area contributed by atoms with Gasteiger partial charge >= 0.3 is 0 Å². The Morgan fingerprint density at radius 1 is 1.09 bits per heavy atom. The van der Waals surface area contributed by atoms with E-state index in [1.807, 2.05) is 80.3 Å². The van der Waals surface area contributed by atoms with Gasteiger partial charge in [0.1, 0.15) is 11.7 Å². The van der Waals surface area contributed by atoms with Crippen LogP contribution in [-0.2, 0) is 4.79 Å². The van der Waals surface area contributed by atoms with E-state index in [0.717, 1.165) is 42.8 Å². The van der Waals surface area contributed by atoms with Crippen LogP contribution in [0.4, 0.5) is 11.4 Å². The molecule has 1 fully saturated rings. The first kappa shape index (κ1) is 23.3. The molecule has 0 aliphatic carbocycles. The minimum absolute atomic E-state index is 0.139. The van der Waals surface area contributed by atoms with Gasteiger partial charge in [-0.25, -0.2) is 0 Å². The molecule has 1 saturated heterocycles. The summed E-state index contributed by atoms with van der Waals surface area (Å²) < 4.78 is 8.47. The van der Waals surface area contributed by atoms with E-state index < -0.39 is 11.6 Å². The molecule has 2 aliphatic heterocycles. The number of ether oxygens (including phenoxy) is 1. The number of benzene rings is 3. The molecule has 3 aromatic rings. The van der Waals surface area contributed by atoms with Crippen molar-refractivity contribution in [3.8, 4) is 5.75 Å². The summed E-state index contributed by atoms with van der Waals surface area (Å²) in [4.78, 5) is 15.9. The molecular weight excluding hydrogens is 578 g/mol. The monoisotopic (exact) mass is 599 g/mol. The zero-order chi connectivity index (χ0) is 24.2. The molecule has 5 rings (SSSR count). The molecular formula is C26H23Br2N3O2S. The van der Waals surface area contributed by atoms with Crippen molar-refractivity contribution in [2.45, 2.75) is 32.5 Å². The first-order chi connectivity index (χ1) is 16.2. The van der Waals surface area contributed by atoms with E-state index in [2.05, 4.69) is 48.6 Å². The molecule has 2 aliphatic rings. The van der Waals surface area contributed by atoms with Gasteiger partial charge < -0.3 is 15.4 Å². The van der Waals surface area contributed by atoms with E-state index in [1.165, 1.54) is 0 Å². The maximum atomic E-state index is 13.9. The van der Waals surface area contributed by atoms with Crippen molar-refractivity contribution >= 4 is 66.5 Å². The topological polar surface area (TPSA) is 53.6 Å². The van der Waals surface area contributed by atoms with Gasteiger partial charge in [-0.05, 0) is 81.0 Å². The molecule has 0 unspecified atom stereocenters. The first-order valence-corrected chi connectivity index (χ1v) is 12.9. The fraction of sp³-hybridized carbons (Fsp3) is 0.231. The van der Waals surface area contributed by atoms with Crippen LogP contribution < -0.4 is 20.3 Å². The SMILES string of the molecule is Cc1ccc(NC(=O)[C@@H]2[C@H]3NC(=S)N(c4cccc(Br)c4)[C@@]2(C)Oc2ccc(Br)cc23)c(C)c1. The van der Waals surface area contributed by atoms with Crippen molar-refractivity contribution in [2.24, 2.45) is 5.92 Å². The van der Waals surface area contributed by atoms with E-state index in [9.17, 15) is 4.79 Å². The molecule has 0 spiro atoms. The molecule has 3 aromatic carbocycles. The van der Waals surface area contributed by atoms with Crippen molar-refractivity contribution in [1.82, 2.24) is 5.32 Å². The molecule has 0 saturated carbocycles. The third-order valence-electron chi connectivity index (χ3n) is 6.45. The van der Waals surface area contributed by atoms with E-state index >= 15 is 0 Å². The highest BCUT2D eigenvalue weighted by atomic mass is 79.9. The number of nitrogens with one attached hydrogen (secondary N) is 2. The van der Waals surface area contributed by atoms with Gasteiger partial charge in [0.05, 0.1) is 6.04 Å². The highest BCUT2D eigenvalue weighted by Gasteiger charge is 2.59. The van der Waals surface area contributed by atoms with Crippen molar-refractivity contribution in [3.63, 3.8) is 0 Å². The molecule has 2 bridgehead atoms. The Hall–Kier alpha value is -2.42. The normalized spacial score (nSPS) is 23.0. The Bertz CT molecular complexity index is 1330. The number of amides is 1. The number of hydrogen-bond donors (Lipinski definition) is 2. The van der Waals surface area contributed by atoms with E-state index in [4.69, 9.17) is 17.0 Å². The van der Waals surface area contributed by atoms with Crippen LogP contribution in [0.25, 0.3) is 0 Å². The van der Waals surface area contributed by atoms with E-state index in [0.29, 0.717) is 5.11 Å². The number of halogens is 2. The molecule has 34 heavy (non-hydrogen) atoms. The van der Waals surface area contributed by atoms with Crippen molar-refractivity contribution in [2.75, 3.05) is 10.2 Å². The predicted molar refractivity (Wildman–Crippen MR) is 146 cm³/mol. The predicted octanol–water partition coefficient (Wildman–Crippen LogP) is 6.63. The molecule has 174 valence electrons. The third-order valence-corrected chi connectivity index (χ3v) is 7.74. The number of carbonyl (C=O) groups is 1. The molecule has 2 N–H and O–H groups in total. The lowest BCUT2D eigenvalue weighted by Crippen LogP contribution is -2.72. The Morgan fingerprint density at radius 2 is 1.85 bits per heavy atom.